The van der Waals surface area contributed by atoms with Gasteiger partial charge in [0.1, 0.15) is 17.4 Å². The Hall–Kier alpha value is -2.32. The van der Waals surface area contributed by atoms with Crippen LogP contribution in [0.5, 0.6) is 0 Å². The van der Waals surface area contributed by atoms with E-state index >= 15 is 0 Å². The summed E-state index contributed by atoms with van der Waals surface area (Å²) in [5.41, 5.74) is 1.87. The summed E-state index contributed by atoms with van der Waals surface area (Å²) in [6.45, 7) is 1.65. The second kappa shape index (κ2) is 9.46. The lowest BCUT2D eigenvalue weighted by molar-refractivity contribution is -0.509. The van der Waals surface area contributed by atoms with E-state index in [0.29, 0.717) is 5.02 Å². The van der Waals surface area contributed by atoms with Crippen LogP contribution in [0.2, 0.25) is 5.02 Å². The molecule has 0 aliphatic carbocycles. The molecule has 0 bridgehead atoms. The molecule has 9 heteroatoms. The zero-order chi connectivity index (χ0) is 20.9. The number of fused-ring (bicyclic) bond motifs is 1. The Labute approximate surface area is 170 Å². The minimum Gasteiger partial charge on any atom is -0.456 e. The number of ether oxygens (including phenoxy) is 1. The Morgan fingerprint density at radius 1 is 1.03 bits per heavy atom. The van der Waals surface area contributed by atoms with Crippen LogP contribution in [0, 0.1) is 0 Å². The molecule has 3 aromatic rings. The van der Waals surface area contributed by atoms with Crippen molar-refractivity contribution in [1.29, 1.82) is 0 Å². The summed E-state index contributed by atoms with van der Waals surface area (Å²) in [5.74, 6) is 0.834. The number of hydrogen-bond acceptors (Lipinski definition) is 2. The van der Waals surface area contributed by atoms with Gasteiger partial charge in [-0.1, -0.05) is 41.9 Å². The van der Waals surface area contributed by atoms with Crippen molar-refractivity contribution in [3.05, 3.63) is 65.0 Å². The summed E-state index contributed by atoms with van der Waals surface area (Å²) >= 11 is 6.18. The maximum Gasteiger partial charge on any atom is 0.673 e. The van der Waals surface area contributed by atoms with Crippen molar-refractivity contribution in [3.63, 3.8) is 0 Å². The molecule has 1 saturated heterocycles. The second-order valence-electron chi connectivity index (χ2n) is 6.54. The quantitative estimate of drug-likeness (QED) is 0.502. The fourth-order valence-electron chi connectivity index (χ4n) is 3.08. The Balaban J connectivity index is 0.000000431. The van der Waals surface area contributed by atoms with E-state index in [1.54, 1.807) is 0 Å². The van der Waals surface area contributed by atoms with Gasteiger partial charge in [0.15, 0.2) is 6.54 Å². The van der Waals surface area contributed by atoms with Crippen LogP contribution in [0.3, 0.4) is 0 Å². The van der Waals surface area contributed by atoms with Crippen molar-refractivity contribution < 1.29 is 31.4 Å². The van der Waals surface area contributed by atoms with Crippen molar-refractivity contribution in [3.8, 4) is 11.3 Å². The highest BCUT2D eigenvalue weighted by Gasteiger charge is 2.20. The van der Waals surface area contributed by atoms with Crippen LogP contribution in [0.4, 0.5) is 17.3 Å². The van der Waals surface area contributed by atoms with Crippen LogP contribution in [0.1, 0.15) is 12.8 Å². The maximum atomic E-state index is 9.75. The third-order valence-corrected chi connectivity index (χ3v) is 4.56. The molecule has 4 rings (SSSR count). The van der Waals surface area contributed by atoms with Gasteiger partial charge in [-0.25, -0.2) is 4.99 Å². The van der Waals surface area contributed by atoms with Crippen LogP contribution < -0.4 is 10.3 Å². The lowest BCUT2D eigenvalue weighted by Gasteiger charge is -2.04. The molecule has 0 amide bonds. The summed E-state index contributed by atoms with van der Waals surface area (Å²) in [6, 6.07) is 17.9. The minimum atomic E-state index is -6.00. The first-order valence-corrected chi connectivity index (χ1v) is 9.52. The summed E-state index contributed by atoms with van der Waals surface area (Å²) < 4.78 is 50.8. The number of benzene rings is 2. The molecule has 1 N–H and O–H groups in total. The molecule has 1 aliphatic rings. The van der Waals surface area contributed by atoms with Crippen molar-refractivity contribution >= 4 is 29.8 Å². The van der Waals surface area contributed by atoms with E-state index in [1.807, 2.05) is 54.6 Å². The molecule has 1 aromatic heterocycles. The molecular weight excluding hydrogens is 408 g/mol. The summed E-state index contributed by atoms with van der Waals surface area (Å²) in [7, 11) is -6.00. The van der Waals surface area contributed by atoms with Gasteiger partial charge in [0.25, 0.3) is 0 Å². The standard InChI is InChI=1S/C20H18ClNO2.BF4/c21-15-8-9-19-17(11-15)18(22-13-16-7-4-10-23-16)12-20(24-19)14-5-2-1-3-6-14;2-1(3,4)5/h1-3,5-6,8-9,11-12,16H,4,7,10,13H2;/q;-1/p+1. The largest absolute Gasteiger partial charge is 0.673 e. The van der Waals surface area contributed by atoms with Gasteiger partial charge in [0.2, 0.25) is 5.36 Å². The molecule has 1 atom stereocenters. The zero-order valence-electron chi connectivity index (χ0n) is 15.4. The Morgan fingerprint density at radius 3 is 2.41 bits per heavy atom. The van der Waals surface area contributed by atoms with E-state index in [4.69, 9.17) is 20.8 Å². The normalized spacial score (nSPS) is 17.3. The van der Waals surface area contributed by atoms with Crippen LogP contribution in [0.25, 0.3) is 22.3 Å². The number of halogens is 5. The average Bonchev–Trinajstić information content (AvgIpc) is 3.19. The van der Waals surface area contributed by atoms with Gasteiger partial charge in [-0.3, -0.25) is 0 Å². The van der Waals surface area contributed by atoms with E-state index in [0.717, 1.165) is 53.6 Å². The molecule has 0 saturated carbocycles. The Morgan fingerprint density at radius 2 is 1.76 bits per heavy atom. The first kappa shape index (κ1) is 21.4. The zero-order valence-corrected chi connectivity index (χ0v) is 16.1. The van der Waals surface area contributed by atoms with E-state index in [2.05, 4.69) is 4.99 Å². The van der Waals surface area contributed by atoms with E-state index < -0.39 is 7.25 Å². The molecule has 1 fully saturated rings. The van der Waals surface area contributed by atoms with Gasteiger partial charge in [-0.15, -0.1) is 0 Å². The Bertz CT molecular complexity index is 1010. The highest BCUT2D eigenvalue weighted by Crippen LogP contribution is 2.23. The molecule has 154 valence electrons. The molecule has 1 aliphatic heterocycles. The van der Waals surface area contributed by atoms with E-state index in [9.17, 15) is 17.3 Å². The van der Waals surface area contributed by atoms with Gasteiger partial charge < -0.3 is 26.4 Å². The van der Waals surface area contributed by atoms with Gasteiger partial charge >= 0.3 is 7.25 Å². The smallest absolute Gasteiger partial charge is 0.456 e. The molecule has 2 aromatic carbocycles. The van der Waals surface area contributed by atoms with E-state index in [1.165, 1.54) is 0 Å². The fourth-order valence-corrected chi connectivity index (χ4v) is 3.25. The second-order valence-corrected chi connectivity index (χ2v) is 6.98. The molecule has 29 heavy (non-hydrogen) atoms. The third kappa shape index (κ3) is 6.61. The van der Waals surface area contributed by atoms with Gasteiger partial charge in [0, 0.05) is 17.2 Å². The lowest BCUT2D eigenvalue weighted by Crippen LogP contribution is -2.79. The molecular formula is C20H19BClF4NO2. The van der Waals surface area contributed by atoms with Crippen molar-refractivity contribution in [1.82, 2.24) is 0 Å². The van der Waals surface area contributed by atoms with Crippen LogP contribution in [-0.2, 0) is 4.74 Å². The molecule has 0 spiro atoms. The first-order chi connectivity index (χ1) is 13.8. The van der Waals surface area contributed by atoms with Gasteiger partial charge in [0.05, 0.1) is 11.5 Å². The predicted octanol–water partition coefficient (Wildman–Crippen LogP) is 4.21. The Kier molecular flexibility index (Phi) is 6.98. The van der Waals surface area contributed by atoms with Crippen molar-refractivity contribution in [2.24, 2.45) is 0 Å². The molecule has 3 nitrogen and oxygen atoms in total. The van der Waals surface area contributed by atoms with Gasteiger partial charge in [-0.2, -0.15) is 0 Å². The number of hydrogen-bond donors (Lipinski definition) is 1. The van der Waals surface area contributed by atoms with Crippen LogP contribution in [0.15, 0.2) is 59.0 Å². The first-order valence-electron chi connectivity index (χ1n) is 9.14. The summed E-state index contributed by atoms with van der Waals surface area (Å²) in [4.78, 5) is 3.52. The van der Waals surface area contributed by atoms with Crippen molar-refractivity contribution in [2.75, 3.05) is 13.2 Å². The summed E-state index contributed by atoms with van der Waals surface area (Å²) in [6.07, 6.45) is 2.52. The van der Waals surface area contributed by atoms with Crippen molar-refractivity contribution in [2.45, 2.75) is 18.9 Å². The molecule has 2 heterocycles. The van der Waals surface area contributed by atoms with Crippen LogP contribution >= 0.6 is 11.6 Å². The van der Waals surface area contributed by atoms with Crippen LogP contribution in [-0.4, -0.2) is 26.5 Å². The highest BCUT2D eigenvalue weighted by molar-refractivity contribution is 6.50. The fraction of sp³-hybridized carbons (Fsp3) is 0.250. The minimum absolute atomic E-state index is 0.275. The van der Waals surface area contributed by atoms with E-state index in [-0.39, 0.29) is 6.10 Å². The topological polar surface area (TPSA) is 36.3 Å². The molecule has 1 unspecified atom stereocenters. The average molecular weight is 428 g/mol. The SMILES string of the molecule is Clc1ccc2oc(-c3ccccc3)cc(=[NH+]CC3CCCO3)c2c1.F[B-](F)(F)F. The monoisotopic (exact) mass is 427 g/mol. The highest BCUT2D eigenvalue weighted by atomic mass is 35.5. The number of rotatable bonds is 3. The summed E-state index contributed by atoms with van der Waals surface area (Å²) in [5, 5.41) is 2.71. The lowest BCUT2D eigenvalue weighted by atomic mass is 10.1. The third-order valence-electron chi connectivity index (χ3n) is 4.33. The molecule has 0 radical (unpaired) electrons. The number of nitrogens with one attached hydrogen (secondary N) is 1. The maximum absolute atomic E-state index is 9.75. The predicted molar refractivity (Wildman–Crippen MR) is 105 cm³/mol. The van der Waals surface area contributed by atoms with Gasteiger partial charge in [-0.05, 0) is 31.0 Å².